The number of hydrogen-bond donors (Lipinski definition) is 1. The predicted octanol–water partition coefficient (Wildman–Crippen LogP) is 1.98. The molecule has 1 aliphatic heterocycles. The molecule has 6 nitrogen and oxygen atoms in total. The van der Waals surface area contributed by atoms with E-state index in [0.29, 0.717) is 18.7 Å². The highest BCUT2D eigenvalue weighted by Gasteiger charge is 2.40. The molecule has 126 valence electrons. The number of aryl methyl sites for hydroxylation is 1. The van der Waals surface area contributed by atoms with Crippen LogP contribution in [-0.4, -0.2) is 44.8 Å². The van der Waals surface area contributed by atoms with Crippen molar-refractivity contribution < 1.29 is 19.1 Å². The monoisotopic (exact) mass is 331 g/mol. The van der Waals surface area contributed by atoms with Gasteiger partial charge in [0.2, 0.25) is 0 Å². The Bertz CT molecular complexity index is 757. The predicted molar refractivity (Wildman–Crippen MR) is 84.1 cm³/mol. The third-order valence-electron chi connectivity index (χ3n) is 4.43. The van der Waals surface area contributed by atoms with Gasteiger partial charge in [0, 0.05) is 31.7 Å². The van der Waals surface area contributed by atoms with Crippen molar-refractivity contribution in [3.63, 3.8) is 0 Å². The standard InChI is InChI=1S/C17H18FN3O3/c1-2-21-8-12(7-19-21)16(22)20-9-14(15(10-20)17(23)24)11-3-5-13(18)6-4-11/h3-8,14-15H,2,9-10H2,1H3,(H,23,24)/t14-,15+/m1/s1. The van der Waals surface area contributed by atoms with E-state index in [1.165, 1.54) is 23.2 Å². The van der Waals surface area contributed by atoms with Crippen LogP contribution in [0.4, 0.5) is 4.39 Å². The lowest BCUT2D eigenvalue weighted by molar-refractivity contribution is -0.141. The van der Waals surface area contributed by atoms with Gasteiger partial charge in [0.25, 0.3) is 5.91 Å². The third-order valence-corrected chi connectivity index (χ3v) is 4.43. The van der Waals surface area contributed by atoms with E-state index in [2.05, 4.69) is 5.10 Å². The Morgan fingerprint density at radius 1 is 1.29 bits per heavy atom. The van der Waals surface area contributed by atoms with Crippen molar-refractivity contribution in [2.24, 2.45) is 5.92 Å². The molecule has 1 aromatic carbocycles. The maximum absolute atomic E-state index is 13.1. The number of nitrogens with zero attached hydrogens (tertiary/aromatic N) is 3. The zero-order valence-electron chi connectivity index (χ0n) is 13.2. The van der Waals surface area contributed by atoms with Crippen LogP contribution in [0.5, 0.6) is 0 Å². The van der Waals surface area contributed by atoms with E-state index in [1.807, 2.05) is 6.92 Å². The summed E-state index contributed by atoms with van der Waals surface area (Å²) in [7, 11) is 0. The molecular weight excluding hydrogens is 313 g/mol. The smallest absolute Gasteiger partial charge is 0.308 e. The van der Waals surface area contributed by atoms with Crippen molar-refractivity contribution >= 4 is 11.9 Å². The van der Waals surface area contributed by atoms with Gasteiger partial charge in [-0.15, -0.1) is 0 Å². The molecule has 24 heavy (non-hydrogen) atoms. The summed E-state index contributed by atoms with van der Waals surface area (Å²) in [5.41, 5.74) is 1.17. The van der Waals surface area contributed by atoms with E-state index in [4.69, 9.17) is 0 Å². The van der Waals surface area contributed by atoms with Gasteiger partial charge in [-0.05, 0) is 24.6 Å². The molecule has 0 bridgehead atoms. The summed E-state index contributed by atoms with van der Waals surface area (Å²) in [4.78, 5) is 25.7. The fraction of sp³-hybridized carbons (Fsp3) is 0.353. The van der Waals surface area contributed by atoms with E-state index >= 15 is 0 Å². The van der Waals surface area contributed by atoms with Crippen LogP contribution < -0.4 is 0 Å². The molecule has 7 heteroatoms. The van der Waals surface area contributed by atoms with Crippen LogP contribution in [-0.2, 0) is 11.3 Å². The Labute approximate surface area is 138 Å². The number of carbonyl (C=O) groups excluding carboxylic acids is 1. The minimum Gasteiger partial charge on any atom is -0.481 e. The van der Waals surface area contributed by atoms with E-state index in [1.54, 1.807) is 23.0 Å². The number of carboxylic acids is 1. The third kappa shape index (κ3) is 3.02. The maximum Gasteiger partial charge on any atom is 0.308 e. The molecule has 0 unspecified atom stereocenters. The number of aliphatic carboxylic acids is 1. The summed E-state index contributed by atoms with van der Waals surface area (Å²) >= 11 is 0. The number of benzene rings is 1. The highest BCUT2D eigenvalue weighted by Crippen LogP contribution is 2.33. The number of carboxylic acid groups (broad SMARTS) is 1. The Balaban J connectivity index is 1.83. The van der Waals surface area contributed by atoms with Gasteiger partial charge < -0.3 is 10.0 Å². The Hall–Kier alpha value is -2.70. The number of aromatic nitrogens is 2. The van der Waals surface area contributed by atoms with Gasteiger partial charge in [0.15, 0.2) is 0 Å². The molecule has 0 aliphatic carbocycles. The van der Waals surface area contributed by atoms with Crippen molar-refractivity contribution in [2.45, 2.75) is 19.4 Å². The molecular formula is C17H18FN3O3. The number of halogens is 1. The number of hydrogen-bond acceptors (Lipinski definition) is 3. The lowest BCUT2D eigenvalue weighted by Crippen LogP contribution is -2.29. The van der Waals surface area contributed by atoms with E-state index in [0.717, 1.165) is 5.56 Å². The highest BCUT2D eigenvalue weighted by molar-refractivity contribution is 5.94. The molecule has 1 saturated heterocycles. The van der Waals surface area contributed by atoms with Crippen molar-refractivity contribution in [1.29, 1.82) is 0 Å². The van der Waals surface area contributed by atoms with E-state index in [9.17, 15) is 19.1 Å². The summed E-state index contributed by atoms with van der Waals surface area (Å²) < 4.78 is 14.7. The molecule has 1 N–H and O–H groups in total. The molecule has 1 aromatic heterocycles. The van der Waals surface area contributed by atoms with Crippen LogP contribution in [0, 0.1) is 11.7 Å². The molecule has 2 atom stereocenters. The molecule has 1 aliphatic rings. The minimum atomic E-state index is -0.955. The fourth-order valence-corrected chi connectivity index (χ4v) is 3.10. The highest BCUT2D eigenvalue weighted by atomic mass is 19.1. The Morgan fingerprint density at radius 2 is 2.00 bits per heavy atom. The normalized spacial score (nSPS) is 20.3. The number of likely N-dealkylation sites (tertiary alicyclic amines) is 1. The molecule has 2 heterocycles. The first kappa shape index (κ1) is 16.2. The minimum absolute atomic E-state index is 0.132. The van der Waals surface area contributed by atoms with Crippen LogP contribution in [0.2, 0.25) is 0 Å². The second-order valence-corrected chi connectivity index (χ2v) is 5.90. The molecule has 1 fully saturated rings. The molecule has 0 spiro atoms. The first-order valence-electron chi connectivity index (χ1n) is 7.79. The van der Waals surface area contributed by atoms with E-state index in [-0.39, 0.29) is 24.2 Å². The summed E-state index contributed by atoms with van der Waals surface area (Å²) in [6.07, 6.45) is 3.15. The van der Waals surface area contributed by atoms with Gasteiger partial charge in [-0.1, -0.05) is 12.1 Å². The van der Waals surface area contributed by atoms with Gasteiger partial charge in [-0.25, -0.2) is 4.39 Å². The lowest BCUT2D eigenvalue weighted by atomic mass is 9.89. The van der Waals surface area contributed by atoms with Crippen LogP contribution >= 0.6 is 0 Å². The zero-order valence-corrected chi connectivity index (χ0v) is 13.2. The number of amides is 1. The SMILES string of the molecule is CCn1cc(C(=O)N2C[C@H](C(=O)O)[C@@H](c3ccc(F)cc3)C2)cn1. The molecule has 0 saturated carbocycles. The largest absolute Gasteiger partial charge is 0.481 e. The van der Waals surface area contributed by atoms with E-state index < -0.39 is 11.9 Å². The first-order chi connectivity index (χ1) is 11.5. The molecule has 0 radical (unpaired) electrons. The summed E-state index contributed by atoms with van der Waals surface area (Å²) in [6, 6.07) is 5.78. The fourth-order valence-electron chi connectivity index (χ4n) is 3.10. The second-order valence-electron chi connectivity index (χ2n) is 5.90. The van der Waals surface area contributed by atoms with Crippen LogP contribution in [0.3, 0.4) is 0 Å². The van der Waals surface area contributed by atoms with Crippen LogP contribution in [0.1, 0.15) is 28.8 Å². The average molecular weight is 331 g/mol. The number of rotatable bonds is 4. The first-order valence-corrected chi connectivity index (χ1v) is 7.79. The molecule has 2 aromatic rings. The lowest BCUT2D eigenvalue weighted by Gasteiger charge is -2.15. The average Bonchev–Trinajstić information content (AvgIpc) is 3.22. The Morgan fingerprint density at radius 3 is 2.58 bits per heavy atom. The van der Waals surface area contributed by atoms with Gasteiger partial charge in [-0.3, -0.25) is 14.3 Å². The van der Waals surface area contributed by atoms with Crippen molar-refractivity contribution in [3.05, 3.63) is 53.6 Å². The summed E-state index contributed by atoms with van der Waals surface area (Å²) in [5.74, 6) is -2.62. The summed E-state index contributed by atoms with van der Waals surface area (Å²) in [6.45, 7) is 3.00. The summed E-state index contributed by atoms with van der Waals surface area (Å²) in [5, 5.41) is 13.6. The van der Waals surface area contributed by atoms with Crippen molar-refractivity contribution in [1.82, 2.24) is 14.7 Å². The quantitative estimate of drug-likeness (QED) is 0.929. The number of carbonyl (C=O) groups is 2. The molecule has 3 rings (SSSR count). The van der Waals surface area contributed by atoms with Gasteiger partial charge in [0.05, 0.1) is 17.7 Å². The van der Waals surface area contributed by atoms with Crippen molar-refractivity contribution in [2.75, 3.05) is 13.1 Å². The van der Waals surface area contributed by atoms with Gasteiger partial charge >= 0.3 is 5.97 Å². The Kier molecular flexibility index (Phi) is 4.33. The maximum atomic E-state index is 13.1. The van der Waals surface area contributed by atoms with Crippen LogP contribution in [0.25, 0.3) is 0 Å². The van der Waals surface area contributed by atoms with Crippen LogP contribution in [0.15, 0.2) is 36.7 Å². The second kappa shape index (κ2) is 6.43. The van der Waals surface area contributed by atoms with Gasteiger partial charge in [-0.2, -0.15) is 5.10 Å². The molecule has 1 amide bonds. The van der Waals surface area contributed by atoms with Gasteiger partial charge in [0.1, 0.15) is 5.82 Å². The topological polar surface area (TPSA) is 75.4 Å². The van der Waals surface area contributed by atoms with Crippen molar-refractivity contribution in [3.8, 4) is 0 Å². The zero-order chi connectivity index (χ0) is 17.3.